The summed E-state index contributed by atoms with van der Waals surface area (Å²) < 4.78 is 0. The van der Waals surface area contributed by atoms with Gasteiger partial charge in [-0.25, -0.2) is 0 Å². The van der Waals surface area contributed by atoms with E-state index in [1.54, 1.807) is 12.1 Å². The minimum Gasteiger partial charge on any atom is -0.326 e. The van der Waals surface area contributed by atoms with Gasteiger partial charge in [-0.1, -0.05) is 6.92 Å². The molecule has 3 N–H and O–H groups in total. The van der Waals surface area contributed by atoms with Gasteiger partial charge in [0, 0.05) is 18.2 Å². The Morgan fingerprint density at radius 2 is 1.95 bits per heavy atom. The minimum absolute atomic E-state index is 0.0827. The number of anilines is 1. The maximum atomic E-state index is 11.8. The first-order valence-electron chi connectivity index (χ1n) is 6.54. The molecule has 1 atom stereocenters. The van der Waals surface area contributed by atoms with Gasteiger partial charge in [-0.3, -0.25) is 19.7 Å². The molecule has 6 nitrogen and oxygen atoms in total. The van der Waals surface area contributed by atoms with E-state index in [-0.39, 0.29) is 11.9 Å². The van der Waals surface area contributed by atoms with Crippen molar-refractivity contribution in [1.82, 2.24) is 10.6 Å². The Hall–Kier alpha value is -2.21. The van der Waals surface area contributed by atoms with E-state index in [4.69, 9.17) is 0 Å². The number of benzene rings is 1. The maximum absolute atomic E-state index is 11.8. The van der Waals surface area contributed by atoms with Crippen molar-refractivity contribution in [1.29, 1.82) is 0 Å². The Balaban J connectivity index is 2.04. The van der Waals surface area contributed by atoms with Crippen molar-refractivity contribution in [2.45, 2.75) is 26.3 Å². The van der Waals surface area contributed by atoms with Gasteiger partial charge >= 0.3 is 0 Å². The highest BCUT2D eigenvalue weighted by Crippen LogP contribution is 2.20. The Kier molecular flexibility index (Phi) is 4.14. The van der Waals surface area contributed by atoms with E-state index in [0.29, 0.717) is 23.2 Å². The molecule has 1 unspecified atom stereocenters. The fourth-order valence-electron chi connectivity index (χ4n) is 2.16. The molecule has 6 heteroatoms. The lowest BCUT2D eigenvalue weighted by molar-refractivity contribution is -0.116. The smallest absolute Gasteiger partial charge is 0.259 e. The lowest BCUT2D eigenvalue weighted by atomic mass is 10.1. The lowest BCUT2D eigenvalue weighted by Crippen LogP contribution is -2.30. The van der Waals surface area contributed by atoms with Crippen LogP contribution >= 0.6 is 0 Å². The first-order valence-corrected chi connectivity index (χ1v) is 6.54. The zero-order chi connectivity index (χ0) is 14.7. The molecule has 0 bridgehead atoms. The minimum atomic E-state index is -0.429. The fourth-order valence-corrected chi connectivity index (χ4v) is 2.16. The van der Waals surface area contributed by atoms with E-state index in [9.17, 15) is 14.4 Å². The van der Waals surface area contributed by atoms with Crippen molar-refractivity contribution in [2.24, 2.45) is 0 Å². The molecule has 1 aliphatic rings. The third-order valence-corrected chi connectivity index (χ3v) is 3.06. The molecule has 0 saturated heterocycles. The zero-order valence-corrected chi connectivity index (χ0v) is 11.4. The van der Waals surface area contributed by atoms with Crippen molar-refractivity contribution in [3.8, 4) is 0 Å². The molecule has 1 aromatic rings. The number of nitrogens with one attached hydrogen (secondary N) is 3. The molecule has 106 valence electrons. The SMILES string of the molecule is CCNC(C)CC(=O)Nc1ccc2c(c1)C(=O)NC2=O. The van der Waals surface area contributed by atoms with Gasteiger partial charge in [-0.2, -0.15) is 0 Å². The van der Waals surface area contributed by atoms with Gasteiger partial charge in [-0.15, -0.1) is 0 Å². The van der Waals surface area contributed by atoms with Crippen molar-refractivity contribution < 1.29 is 14.4 Å². The second-order valence-electron chi connectivity index (χ2n) is 4.75. The Labute approximate surface area is 116 Å². The van der Waals surface area contributed by atoms with Crippen LogP contribution < -0.4 is 16.0 Å². The predicted molar refractivity (Wildman–Crippen MR) is 74.6 cm³/mol. The Bertz CT molecular complexity index is 569. The number of rotatable bonds is 5. The number of hydrogen-bond acceptors (Lipinski definition) is 4. The number of fused-ring (bicyclic) bond motifs is 1. The average Bonchev–Trinajstić information content (AvgIpc) is 2.64. The van der Waals surface area contributed by atoms with Crippen LogP contribution in [-0.4, -0.2) is 30.3 Å². The van der Waals surface area contributed by atoms with Gasteiger partial charge in [0.15, 0.2) is 0 Å². The van der Waals surface area contributed by atoms with Crippen molar-refractivity contribution in [3.63, 3.8) is 0 Å². The standard InChI is InChI=1S/C14H17N3O3/c1-3-15-8(2)6-12(18)16-9-4-5-10-11(7-9)14(20)17-13(10)19/h4-5,7-8,15H,3,6H2,1-2H3,(H,16,18)(H,17,19,20). The van der Waals surface area contributed by atoms with Crippen LogP contribution in [0.4, 0.5) is 5.69 Å². The molecule has 0 saturated carbocycles. The van der Waals surface area contributed by atoms with Crippen LogP contribution in [0.2, 0.25) is 0 Å². The highest BCUT2D eigenvalue weighted by Gasteiger charge is 2.26. The van der Waals surface area contributed by atoms with Crippen LogP contribution in [0.25, 0.3) is 0 Å². The van der Waals surface area contributed by atoms with Crippen LogP contribution in [0.1, 0.15) is 41.0 Å². The quantitative estimate of drug-likeness (QED) is 0.697. The van der Waals surface area contributed by atoms with Crippen LogP contribution in [-0.2, 0) is 4.79 Å². The molecule has 0 fully saturated rings. The molecule has 1 heterocycles. The number of carbonyl (C=O) groups is 3. The summed E-state index contributed by atoms with van der Waals surface area (Å²) in [6.07, 6.45) is 0.343. The number of imide groups is 1. The van der Waals surface area contributed by atoms with Crippen LogP contribution in [0, 0.1) is 0 Å². The highest BCUT2D eigenvalue weighted by molar-refractivity contribution is 6.22. The van der Waals surface area contributed by atoms with E-state index < -0.39 is 11.8 Å². The third-order valence-electron chi connectivity index (χ3n) is 3.06. The monoisotopic (exact) mass is 275 g/mol. The molecule has 0 spiro atoms. The number of amides is 3. The summed E-state index contributed by atoms with van der Waals surface area (Å²) in [6.45, 7) is 4.71. The normalized spacial score (nSPS) is 14.7. The van der Waals surface area contributed by atoms with Crippen molar-refractivity contribution in [2.75, 3.05) is 11.9 Å². The molecule has 0 radical (unpaired) electrons. The summed E-state index contributed by atoms with van der Waals surface area (Å²) in [6, 6.07) is 4.76. The lowest BCUT2D eigenvalue weighted by Gasteiger charge is -2.12. The van der Waals surface area contributed by atoms with E-state index in [1.807, 2.05) is 13.8 Å². The summed E-state index contributed by atoms with van der Waals surface area (Å²) in [5.41, 5.74) is 1.16. The highest BCUT2D eigenvalue weighted by atomic mass is 16.2. The van der Waals surface area contributed by atoms with Gasteiger partial charge < -0.3 is 10.6 Å². The van der Waals surface area contributed by atoms with Gasteiger partial charge in [0.25, 0.3) is 11.8 Å². The summed E-state index contributed by atoms with van der Waals surface area (Å²) in [7, 11) is 0. The second-order valence-corrected chi connectivity index (χ2v) is 4.75. The van der Waals surface area contributed by atoms with Gasteiger partial charge in [0.2, 0.25) is 5.91 Å². The third kappa shape index (κ3) is 3.03. The summed E-state index contributed by atoms with van der Waals surface area (Å²) in [4.78, 5) is 34.7. The largest absolute Gasteiger partial charge is 0.326 e. The number of carbonyl (C=O) groups excluding carboxylic acids is 3. The molecule has 0 aromatic heterocycles. The molecular formula is C14H17N3O3. The molecule has 1 aromatic carbocycles. The van der Waals surface area contributed by atoms with Gasteiger partial charge in [-0.05, 0) is 31.7 Å². The first-order chi connectivity index (χ1) is 9.51. The molecule has 20 heavy (non-hydrogen) atoms. The zero-order valence-electron chi connectivity index (χ0n) is 11.4. The van der Waals surface area contributed by atoms with Gasteiger partial charge in [0.05, 0.1) is 11.1 Å². The van der Waals surface area contributed by atoms with Crippen LogP contribution in [0.5, 0.6) is 0 Å². The van der Waals surface area contributed by atoms with Crippen molar-refractivity contribution in [3.05, 3.63) is 29.3 Å². The predicted octanol–water partition coefficient (Wildman–Crippen LogP) is 0.897. The van der Waals surface area contributed by atoms with E-state index in [2.05, 4.69) is 16.0 Å². The molecule has 3 amide bonds. The first kappa shape index (κ1) is 14.2. The number of hydrogen-bond donors (Lipinski definition) is 3. The van der Waals surface area contributed by atoms with E-state index in [1.165, 1.54) is 6.07 Å². The average molecular weight is 275 g/mol. The molecular weight excluding hydrogens is 258 g/mol. The maximum Gasteiger partial charge on any atom is 0.259 e. The fraction of sp³-hybridized carbons (Fsp3) is 0.357. The summed E-state index contributed by atoms with van der Waals surface area (Å²) >= 11 is 0. The van der Waals surface area contributed by atoms with E-state index in [0.717, 1.165) is 6.54 Å². The Morgan fingerprint density at radius 3 is 2.65 bits per heavy atom. The molecule has 1 aliphatic heterocycles. The molecule has 0 aliphatic carbocycles. The topological polar surface area (TPSA) is 87.3 Å². The van der Waals surface area contributed by atoms with Gasteiger partial charge in [0.1, 0.15) is 0 Å². The second kappa shape index (κ2) is 5.83. The van der Waals surface area contributed by atoms with Crippen LogP contribution in [0.15, 0.2) is 18.2 Å². The van der Waals surface area contributed by atoms with Crippen LogP contribution in [0.3, 0.4) is 0 Å². The summed E-state index contributed by atoms with van der Waals surface area (Å²) in [5.74, 6) is -0.964. The molecule has 2 rings (SSSR count). The summed E-state index contributed by atoms with van der Waals surface area (Å²) in [5, 5.41) is 8.08. The Morgan fingerprint density at radius 1 is 1.25 bits per heavy atom. The van der Waals surface area contributed by atoms with E-state index >= 15 is 0 Å². The van der Waals surface area contributed by atoms with Crippen molar-refractivity contribution >= 4 is 23.4 Å².